The van der Waals surface area contributed by atoms with Crippen LogP contribution in [0.25, 0.3) is 56.0 Å². The van der Waals surface area contributed by atoms with E-state index in [2.05, 4.69) is 45.4 Å². The van der Waals surface area contributed by atoms with E-state index >= 15 is 4.39 Å². The minimum absolute atomic E-state index is 0.224. The molecular weight excluding hydrogens is 493 g/mol. The van der Waals surface area contributed by atoms with E-state index in [-0.39, 0.29) is 5.69 Å². The molecule has 9 nitrogen and oxygen atoms in total. The maximum atomic E-state index is 16.1. The monoisotopic (exact) mass is 519 g/mol. The average Bonchev–Trinajstić information content (AvgIpc) is 3.73. The molecule has 0 amide bonds. The van der Waals surface area contributed by atoms with Crippen LogP contribution in [0, 0.1) is 11.7 Å². The Hall–Kier alpha value is -4.57. The van der Waals surface area contributed by atoms with Crippen LogP contribution in [0.2, 0.25) is 0 Å². The number of nitrogens with one attached hydrogen (secondary N) is 3. The molecule has 0 radical (unpaired) electrons. The Kier molecular flexibility index (Phi) is 6.01. The maximum Gasteiger partial charge on any atom is 0.178 e. The van der Waals surface area contributed by atoms with Gasteiger partial charge < -0.3 is 10.3 Å². The fourth-order valence-corrected chi connectivity index (χ4v) is 5.49. The summed E-state index contributed by atoms with van der Waals surface area (Å²) in [4.78, 5) is 25.2. The van der Waals surface area contributed by atoms with Crippen LogP contribution in [0.4, 0.5) is 4.39 Å². The number of hydrogen-bond donors (Lipinski definition) is 3. The lowest BCUT2D eigenvalue weighted by Crippen LogP contribution is -2.20. The van der Waals surface area contributed by atoms with E-state index in [4.69, 9.17) is 0 Å². The van der Waals surface area contributed by atoms with E-state index in [0.717, 1.165) is 34.7 Å². The molecule has 0 atom stereocenters. The molecule has 1 fully saturated rings. The first-order valence-electron chi connectivity index (χ1n) is 13.2. The predicted octanol–water partition coefficient (Wildman–Crippen LogP) is 5.44. The second kappa shape index (κ2) is 9.95. The molecule has 1 aliphatic carbocycles. The predicted molar refractivity (Wildman–Crippen MR) is 147 cm³/mol. The van der Waals surface area contributed by atoms with Gasteiger partial charge in [0, 0.05) is 48.7 Å². The molecule has 10 heteroatoms. The van der Waals surface area contributed by atoms with Gasteiger partial charge >= 0.3 is 0 Å². The summed E-state index contributed by atoms with van der Waals surface area (Å²) < 4.78 is 16.1. The molecule has 6 aromatic rings. The van der Waals surface area contributed by atoms with E-state index in [9.17, 15) is 0 Å². The standard InChI is InChI=1S/C29H26FN9/c30-24-23-22(16-35-25(24)20-11-18(14-33-15-20)13-32-12-17-3-1-2-4-17)38-39-27(23)29-36-26-21(7-10-34-28(26)37-29)19-5-8-31-9-6-19/h5-11,14-17,32H,1-4,12-13H2,(H,38,39)(H,34,36,37). The van der Waals surface area contributed by atoms with Gasteiger partial charge in [-0.1, -0.05) is 12.8 Å². The summed E-state index contributed by atoms with van der Waals surface area (Å²) in [7, 11) is 0. The lowest BCUT2D eigenvalue weighted by molar-refractivity contribution is 0.489. The van der Waals surface area contributed by atoms with Gasteiger partial charge in [0.25, 0.3) is 0 Å². The van der Waals surface area contributed by atoms with Gasteiger partial charge in [-0.3, -0.25) is 20.1 Å². The van der Waals surface area contributed by atoms with Crippen LogP contribution in [0.15, 0.2) is 61.4 Å². The molecule has 0 unspecified atom stereocenters. The Morgan fingerprint density at radius 3 is 2.67 bits per heavy atom. The van der Waals surface area contributed by atoms with E-state index < -0.39 is 5.82 Å². The van der Waals surface area contributed by atoms with Crippen molar-refractivity contribution in [2.75, 3.05) is 6.54 Å². The Morgan fingerprint density at radius 1 is 0.923 bits per heavy atom. The first-order chi connectivity index (χ1) is 19.2. The number of pyridine rings is 4. The molecule has 1 saturated carbocycles. The summed E-state index contributed by atoms with van der Waals surface area (Å²) in [5.74, 6) is 0.692. The summed E-state index contributed by atoms with van der Waals surface area (Å²) >= 11 is 0. The Balaban J connectivity index is 1.24. The first-order valence-corrected chi connectivity index (χ1v) is 13.2. The van der Waals surface area contributed by atoms with Crippen molar-refractivity contribution < 1.29 is 4.39 Å². The lowest BCUT2D eigenvalue weighted by atomic mass is 10.1. The van der Waals surface area contributed by atoms with Crippen molar-refractivity contribution in [1.29, 1.82) is 0 Å². The third-order valence-corrected chi connectivity index (χ3v) is 7.46. The van der Waals surface area contributed by atoms with Gasteiger partial charge in [0.2, 0.25) is 0 Å². The van der Waals surface area contributed by atoms with Gasteiger partial charge in [-0.05, 0) is 60.7 Å². The minimum Gasteiger partial charge on any atom is -0.335 e. The number of hydrogen-bond acceptors (Lipinski definition) is 7. The van der Waals surface area contributed by atoms with Crippen molar-refractivity contribution in [2.24, 2.45) is 5.92 Å². The molecule has 6 aromatic heterocycles. The van der Waals surface area contributed by atoms with Crippen LogP contribution in [-0.2, 0) is 6.54 Å². The van der Waals surface area contributed by atoms with Gasteiger partial charge in [0.15, 0.2) is 17.3 Å². The number of rotatable bonds is 7. The van der Waals surface area contributed by atoms with E-state index in [0.29, 0.717) is 40.2 Å². The fourth-order valence-electron chi connectivity index (χ4n) is 5.49. The number of aromatic nitrogens is 8. The molecule has 7 rings (SSSR count). The molecule has 0 aliphatic heterocycles. The number of imidazole rings is 1. The molecule has 194 valence electrons. The number of nitrogens with zero attached hydrogens (tertiary/aromatic N) is 6. The van der Waals surface area contributed by atoms with Crippen LogP contribution < -0.4 is 5.32 Å². The second-order valence-electron chi connectivity index (χ2n) is 10.0. The van der Waals surface area contributed by atoms with Crippen LogP contribution in [0.3, 0.4) is 0 Å². The van der Waals surface area contributed by atoms with Crippen LogP contribution >= 0.6 is 0 Å². The molecule has 0 saturated heterocycles. The number of aromatic amines is 2. The third kappa shape index (κ3) is 4.42. The van der Waals surface area contributed by atoms with Crippen molar-refractivity contribution in [3.8, 4) is 33.9 Å². The van der Waals surface area contributed by atoms with E-state index in [1.54, 1.807) is 31.0 Å². The molecule has 0 bridgehead atoms. The average molecular weight is 520 g/mol. The zero-order chi connectivity index (χ0) is 26.2. The largest absolute Gasteiger partial charge is 0.335 e. The molecule has 0 aromatic carbocycles. The van der Waals surface area contributed by atoms with Crippen molar-refractivity contribution in [3.63, 3.8) is 0 Å². The maximum absolute atomic E-state index is 16.1. The minimum atomic E-state index is -0.475. The smallest absolute Gasteiger partial charge is 0.178 e. The first kappa shape index (κ1) is 23.5. The van der Waals surface area contributed by atoms with Gasteiger partial charge in [-0.25, -0.2) is 14.4 Å². The third-order valence-electron chi connectivity index (χ3n) is 7.46. The number of H-pyrrole nitrogens is 2. The molecular formula is C29H26FN9. The molecule has 3 N–H and O–H groups in total. The molecule has 0 spiro atoms. The topological polar surface area (TPSA) is 121 Å². The lowest BCUT2D eigenvalue weighted by Gasteiger charge is -2.11. The van der Waals surface area contributed by atoms with Crippen molar-refractivity contribution in [1.82, 2.24) is 45.4 Å². The summed E-state index contributed by atoms with van der Waals surface area (Å²) in [5.41, 5.74) is 5.85. The number of fused-ring (bicyclic) bond motifs is 2. The highest BCUT2D eigenvalue weighted by Crippen LogP contribution is 2.34. The summed E-state index contributed by atoms with van der Waals surface area (Å²) in [5, 5.41) is 11.1. The second-order valence-corrected chi connectivity index (χ2v) is 10.0. The Labute approximate surface area is 223 Å². The van der Waals surface area contributed by atoms with Crippen LogP contribution in [0.5, 0.6) is 0 Å². The van der Waals surface area contributed by atoms with Gasteiger partial charge in [-0.2, -0.15) is 5.10 Å². The SMILES string of the molecule is Fc1c(-c2cncc(CNCC3CCCC3)c2)ncc2[nH]nc(-c3nc4nccc(-c5ccncc5)c4[nH]3)c12. The van der Waals surface area contributed by atoms with Gasteiger partial charge in [0.1, 0.15) is 11.4 Å². The quantitative estimate of drug-likeness (QED) is 0.257. The highest BCUT2D eigenvalue weighted by atomic mass is 19.1. The zero-order valence-electron chi connectivity index (χ0n) is 21.2. The molecule has 1 aliphatic rings. The summed E-state index contributed by atoms with van der Waals surface area (Å²) in [6.07, 6.45) is 15.5. The van der Waals surface area contributed by atoms with Gasteiger partial charge in [0.05, 0.1) is 22.6 Å². The highest BCUT2D eigenvalue weighted by molar-refractivity contribution is 5.97. The summed E-state index contributed by atoms with van der Waals surface area (Å²) in [6, 6.07) is 7.69. The van der Waals surface area contributed by atoms with Crippen molar-refractivity contribution in [3.05, 3.63) is 72.8 Å². The van der Waals surface area contributed by atoms with Crippen LogP contribution in [0.1, 0.15) is 31.2 Å². The van der Waals surface area contributed by atoms with Gasteiger partial charge in [-0.15, -0.1) is 0 Å². The van der Waals surface area contributed by atoms with E-state index in [1.165, 1.54) is 25.7 Å². The van der Waals surface area contributed by atoms with Crippen molar-refractivity contribution in [2.45, 2.75) is 32.2 Å². The Bertz CT molecular complexity index is 1770. The number of halogens is 1. The van der Waals surface area contributed by atoms with Crippen molar-refractivity contribution >= 4 is 22.1 Å². The molecule has 39 heavy (non-hydrogen) atoms. The highest BCUT2D eigenvalue weighted by Gasteiger charge is 2.22. The summed E-state index contributed by atoms with van der Waals surface area (Å²) in [6.45, 7) is 1.68. The zero-order valence-corrected chi connectivity index (χ0v) is 21.2. The Morgan fingerprint density at radius 2 is 1.79 bits per heavy atom. The molecule has 6 heterocycles. The fraction of sp³-hybridized carbons (Fsp3) is 0.241. The normalized spacial score (nSPS) is 14.1. The van der Waals surface area contributed by atoms with Crippen LogP contribution in [-0.4, -0.2) is 46.6 Å². The van der Waals surface area contributed by atoms with E-state index in [1.807, 2.05) is 30.5 Å².